The maximum atomic E-state index is 13.5. The van der Waals surface area contributed by atoms with Gasteiger partial charge in [0.1, 0.15) is 12.1 Å². The fourth-order valence-electron chi connectivity index (χ4n) is 4.13. The smallest absolute Gasteiger partial charge is 0.393 e. The number of aliphatic hydroxyl groups excluding tert-OH is 1. The van der Waals surface area contributed by atoms with Crippen LogP contribution in [0, 0.1) is 17.1 Å². The summed E-state index contributed by atoms with van der Waals surface area (Å²) in [4.78, 5) is 34.5. The number of aldehydes is 1. The van der Waals surface area contributed by atoms with Crippen molar-refractivity contribution >= 4 is 24.3 Å². The fraction of sp³-hybridized carbons (Fsp3) is 0.448. The molecule has 41 heavy (non-hydrogen) atoms. The minimum Gasteiger partial charge on any atom is -0.393 e. The van der Waals surface area contributed by atoms with Crippen molar-refractivity contribution in [2.24, 2.45) is 0 Å². The van der Waals surface area contributed by atoms with Crippen LogP contribution < -0.4 is 10.2 Å². The van der Waals surface area contributed by atoms with Crippen molar-refractivity contribution in [3.8, 4) is 6.07 Å². The Hall–Kier alpha value is -3.82. The number of carbonyl (C=O) groups is 3. The van der Waals surface area contributed by atoms with Gasteiger partial charge in [0.2, 0.25) is 12.3 Å². The first-order valence-electron chi connectivity index (χ1n) is 13.0. The number of anilines is 1. The van der Waals surface area contributed by atoms with Gasteiger partial charge in [-0.25, -0.2) is 4.39 Å². The Labute approximate surface area is 236 Å². The largest absolute Gasteiger partial charge is 0.416 e. The number of carbonyl (C=O) groups excluding carboxylic acids is 3. The van der Waals surface area contributed by atoms with Gasteiger partial charge in [-0.1, -0.05) is 18.6 Å². The van der Waals surface area contributed by atoms with Crippen LogP contribution in [0.15, 0.2) is 42.5 Å². The molecule has 4 rings (SSSR count). The number of aliphatic hydroxyl groups is 1. The summed E-state index contributed by atoms with van der Waals surface area (Å²) in [6.07, 6.45) is 1.90. The van der Waals surface area contributed by atoms with Crippen LogP contribution in [0.3, 0.4) is 0 Å². The zero-order valence-corrected chi connectivity index (χ0v) is 22.9. The number of nitrogens with one attached hydrogen (secondary N) is 1. The fourth-order valence-corrected chi connectivity index (χ4v) is 4.13. The summed E-state index contributed by atoms with van der Waals surface area (Å²) in [5.74, 6) is -1.13. The molecule has 0 atom stereocenters. The van der Waals surface area contributed by atoms with Gasteiger partial charge in [0, 0.05) is 25.6 Å². The van der Waals surface area contributed by atoms with E-state index in [9.17, 15) is 31.9 Å². The molecule has 0 bridgehead atoms. The van der Waals surface area contributed by atoms with Crippen LogP contribution >= 0.6 is 0 Å². The number of nitrogens with zero attached hydrogens (tertiary/aromatic N) is 3. The minimum atomic E-state index is -4.24. The number of benzene rings is 2. The van der Waals surface area contributed by atoms with E-state index in [4.69, 9.17) is 10.4 Å². The SMILES string of the molecule is CC(=O)N(CC=O)c1ccc(C#N)cc1F.CN(Cc1ccc(C(F)(F)F)cc1)C1CCC1.O=CNC1CC(O)C1. The molecule has 8 nitrogen and oxygen atoms in total. The summed E-state index contributed by atoms with van der Waals surface area (Å²) >= 11 is 0. The molecule has 2 saturated carbocycles. The number of hydrogen-bond acceptors (Lipinski definition) is 6. The highest BCUT2D eigenvalue weighted by molar-refractivity contribution is 5.94. The molecule has 2 aromatic carbocycles. The number of rotatable bonds is 8. The lowest BCUT2D eigenvalue weighted by atomic mass is 9.90. The highest BCUT2D eigenvalue weighted by atomic mass is 19.4. The van der Waals surface area contributed by atoms with Gasteiger partial charge in [-0.3, -0.25) is 14.5 Å². The average Bonchev–Trinajstić information content (AvgIpc) is 2.86. The predicted molar refractivity (Wildman–Crippen MR) is 144 cm³/mol. The van der Waals surface area contributed by atoms with E-state index in [0.717, 1.165) is 48.0 Å². The molecule has 2 amide bonds. The van der Waals surface area contributed by atoms with E-state index in [2.05, 4.69) is 10.2 Å². The molecule has 0 aromatic heterocycles. The van der Waals surface area contributed by atoms with Crippen molar-refractivity contribution in [3.63, 3.8) is 0 Å². The third-order valence-corrected chi connectivity index (χ3v) is 6.83. The molecule has 0 aliphatic heterocycles. The monoisotopic (exact) mass is 578 g/mol. The summed E-state index contributed by atoms with van der Waals surface area (Å²) in [6, 6.07) is 11.8. The molecule has 222 valence electrons. The van der Waals surface area contributed by atoms with Gasteiger partial charge in [0.25, 0.3) is 0 Å². The molecule has 0 saturated heterocycles. The topological polar surface area (TPSA) is 114 Å². The Balaban J connectivity index is 0.000000229. The Morgan fingerprint density at radius 3 is 2.20 bits per heavy atom. The van der Waals surface area contributed by atoms with Gasteiger partial charge >= 0.3 is 6.18 Å². The van der Waals surface area contributed by atoms with E-state index in [1.165, 1.54) is 38.3 Å². The summed E-state index contributed by atoms with van der Waals surface area (Å²) < 4.78 is 50.6. The van der Waals surface area contributed by atoms with Crippen LogP contribution in [0.5, 0.6) is 0 Å². The maximum absolute atomic E-state index is 13.5. The van der Waals surface area contributed by atoms with Gasteiger partial charge in [-0.05, 0) is 68.6 Å². The third kappa shape index (κ3) is 10.6. The number of amides is 2. The van der Waals surface area contributed by atoms with E-state index in [0.29, 0.717) is 18.7 Å². The highest BCUT2D eigenvalue weighted by Crippen LogP contribution is 2.30. The van der Waals surface area contributed by atoms with Crippen molar-refractivity contribution in [2.75, 3.05) is 18.5 Å². The molecule has 2 N–H and O–H groups in total. The zero-order valence-electron chi connectivity index (χ0n) is 22.9. The molecule has 0 heterocycles. The van der Waals surface area contributed by atoms with Gasteiger partial charge < -0.3 is 20.1 Å². The molecule has 2 aromatic rings. The van der Waals surface area contributed by atoms with Gasteiger partial charge in [0.05, 0.1) is 35.5 Å². The van der Waals surface area contributed by atoms with Crippen LogP contribution in [0.25, 0.3) is 0 Å². The molecule has 2 fully saturated rings. The molecule has 2 aliphatic carbocycles. The Bertz CT molecular complexity index is 1190. The second kappa shape index (κ2) is 15.8. The summed E-state index contributed by atoms with van der Waals surface area (Å²) in [5, 5.41) is 19.8. The molecule has 2 aliphatic rings. The second-order valence-corrected chi connectivity index (χ2v) is 9.88. The molecule has 12 heteroatoms. The quantitative estimate of drug-likeness (QED) is 0.359. The van der Waals surface area contributed by atoms with Gasteiger partial charge in [-0.15, -0.1) is 0 Å². The van der Waals surface area contributed by atoms with E-state index >= 15 is 0 Å². The van der Waals surface area contributed by atoms with Gasteiger partial charge in [0.15, 0.2) is 0 Å². The second-order valence-electron chi connectivity index (χ2n) is 9.88. The summed E-state index contributed by atoms with van der Waals surface area (Å²) in [6.45, 7) is 1.75. The molecular formula is C29H34F4N4O4. The van der Waals surface area contributed by atoms with Crippen molar-refractivity contribution in [3.05, 3.63) is 65.0 Å². The van der Waals surface area contributed by atoms with Crippen molar-refractivity contribution in [1.82, 2.24) is 10.2 Å². The first-order valence-corrected chi connectivity index (χ1v) is 13.0. The molecular weight excluding hydrogens is 544 g/mol. The Kier molecular flexibility index (Phi) is 12.9. The van der Waals surface area contributed by atoms with E-state index in [1.54, 1.807) is 18.2 Å². The highest BCUT2D eigenvalue weighted by Gasteiger charge is 2.30. The van der Waals surface area contributed by atoms with Crippen molar-refractivity contribution in [1.29, 1.82) is 5.26 Å². The number of nitriles is 1. The van der Waals surface area contributed by atoms with Crippen LogP contribution in [0.2, 0.25) is 0 Å². The predicted octanol–water partition coefficient (Wildman–Crippen LogP) is 4.19. The van der Waals surface area contributed by atoms with E-state index < -0.39 is 23.5 Å². The molecule has 0 radical (unpaired) electrons. The van der Waals surface area contributed by atoms with Crippen LogP contribution in [-0.4, -0.2) is 60.4 Å². The van der Waals surface area contributed by atoms with E-state index in [-0.39, 0.29) is 29.9 Å². The third-order valence-electron chi connectivity index (χ3n) is 6.83. The molecule has 0 unspecified atom stereocenters. The van der Waals surface area contributed by atoms with Gasteiger partial charge in [-0.2, -0.15) is 18.4 Å². The number of halogens is 4. The number of alkyl halides is 3. The Morgan fingerprint density at radius 2 is 1.78 bits per heavy atom. The maximum Gasteiger partial charge on any atom is 0.416 e. The zero-order chi connectivity index (χ0) is 30.6. The van der Waals surface area contributed by atoms with E-state index in [1.807, 2.05) is 7.05 Å². The lowest BCUT2D eigenvalue weighted by molar-refractivity contribution is -0.137. The molecule has 0 spiro atoms. The van der Waals surface area contributed by atoms with Crippen molar-refractivity contribution in [2.45, 2.75) is 69.9 Å². The lowest BCUT2D eigenvalue weighted by Gasteiger charge is -2.34. The Morgan fingerprint density at radius 1 is 1.15 bits per heavy atom. The standard InChI is InChI=1S/C13H16F3N.C11H9FN2O2.C5H9NO2/c1-17(12-3-2-4-12)9-10-5-7-11(8-6-10)13(14,15)16;1-8(16)14(4-5-15)11-3-2-9(7-13)6-10(11)12;7-3-6-4-1-5(8)2-4/h5-8,12H,2-4,9H2,1H3;2-3,5-6H,4H2,1H3;3-5,8H,1-2H2,(H,6,7). The van der Waals surface area contributed by atoms with Crippen molar-refractivity contribution < 1.29 is 37.1 Å². The summed E-state index contributed by atoms with van der Waals surface area (Å²) in [7, 11) is 2.03. The first kappa shape index (κ1) is 33.4. The van der Waals surface area contributed by atoms with Crippen LogP contribution in [-0.2, 0) is 27.1 Å². The lowest BCUT2D eigenvalue weighted by Crippen LogP contribution is -2.43. The first-order chi connectivity index (χ1) is 19.4. The minimum absolute atomic E-state index is 0.00130. The average molecular weight is 579 g/mol. The normalized spacial score (nSPS) is 17.7. The summed E-state index contributed by atoms with van der Waals surface area (Å²) in [5.41, 5.74) is 0.523. The number of hydrogen-bond donors (Lipinski definition) is 2. The van der Waals surface area contributed by atoms with Crippen LogP contribution in [0.4, 0.5) is 23.2 Å². The van der Waals surface area contributed by atoms with Crippen LogP contribution in [0.1, 0.15) is 55.7 Å².